The van der Waals surface area contributed by atoms with Crippen molar-refractivity contribution in [3.63, 3.8) is 0 Å². The van der Waals surface area contributed by atoms with Gasteiger partial charge in [-0.1, -0.05) is 0 Å². The quantitative estimate of drug-likeness (QED) is 0.617. The zero-order valence-electron chi connectivity index (χ0n) is 7.47. The number of nitrogens with two attached hydrogens (primary N) is 1. The van der Waals surface area contributed by atoms with Gasteiger partial charge in [-0.2, -0.15) is 0 Å². The van der Waals surface area contributed by atoms with Crippen LogP contribution in [0, 0.1) is 0 Å². The molecule has 11 heavy (non-hydrogen) atoms. The molecular weight excluding hydrogens is 144 g/mol. The molecule has 0 heterocycles. The van der Waals surface area contributed by atoms with Crippen LogP contribution in [0.4, 0.5) is 4.79 Å². The summed E-state index contributed by atoms with van der Waals surface area (Å²) >= 11 is 0. The van der Waals surface area contributed by atoms with Crippen molar-refractivity contribution >= 4 is 6.09 Å². The van der Waals surface area contributed by atoms with Crippen LogP contribution in [0.2, 0.25) is 0 Å². The fraction of sp³-hybridized carbons (Fsp3) is 0.857. The number of methoxy groups -OCH3 is 1. The summed E-state index contributed by atoms with van der Waals surface area (Å²) < 4.78 is 4.43. The largest absolute Gasteiger partial charge is 0.453 e. The predicted molar refractivity (Wildman–Crippen MR) is 43.3 cm³/mol. The van der Waals surface area contributed by atoms with Crippen molar-refractivity contribution in [2.24, 2.45) is 5.73 Å². The molecule has 1 unspecified atom stereocenters. The summed E-state index contributed by atoms with van der Waals surface area (Å²) in [6, 6.07) is -0.110. The molecule has 1 amide bonds. The van der Waals surface area contributed by atoms with Gasteiger partial charge < -0.3 is 15.8 Å². The molecule has 0 aliphatic heterocycles. The van der Waals surface area contributed by atoms with E-state index in [0.29, 0.717) is 0 Å². The van der Waals surface area contributed by atoms with Gasteiger partial charge in [-0.3, -0.25) is 0 Å². The maximum absolute atomic E-state index is 10.7. The lowest BCUT2D eigenvalue weighted by atomic mass is 9.97. The van der Waals surface area contributed by atoms with Crippen molar-refractivity contribution in [1.29, 1.82) is 0 Å². The Hall–Kier alpha value is -0.770. The third-order valence-corrected chi connectivity index (χ3v) is 1.75. The standard InChI is InChI=1S/C7H16N2O2/c1-5(8)7(2,3)9-6(10)11-4/h5H,8H2,1-4H3,(H,9,10). The Morgan fingerprint density at radius 2 is 2.09 bits per heavy atom. The van der Waals surface area contributed by atoms with Gasteiger partial charge in [0.15, 0.2) is 0 Å². The van der Waals surface area contributed by atoms with Crippen LogP contribution in [0.3, 0.4) is 0 Å². The monoisotopic (exact) mass is 160 g/mol. The summed E-state index contributed by atoms with van der Waals surface area (Å²) in [7, 11) is 1.33. The highest BCUT2D eigenvalue weighted by Crippen LogP contribution is 2.05. The smallest absolute Gasteiger partial charge is 0.407 e. The summed E-state index contributed by atoms with van der Waals surface area (Å²) in [5.41, 5.74) is 5.18. The number of carbonyl (C=O) groups is 1. The maximum Gasteiger partial charge on any atom is 0.407 e. The fourth-order valence-electron chi connectivity index (χ4n) is 0.428. The molecule has 0 aromatic carbocycles. The van der Waals surface area contributed by atoms with Crippen LogP contribution in [0.25, 0.3) is 0 Å². The molecule has 0 aromatic heterocycles. The van der Waals surface area contributed by atoms with Crippen LogP contribution in [0.1, 0.15) is 20.8 Å². The Bertz CT molecular complexity index is 143. The Balaban J connectivity index is 4.01. The van der Waals surface area contributed by atoms with Crippen LogP contribution in [-0.2, 0) is 4.74 Å². The maximum atomic E-state index is 10.7. The lowest BCUT2D eigenvalue weighted by Gasteiger charge is -2.29. The number of amides is 1. The van der Waals surface area contributed by atoms with Crippen molar-refractivity contribution in [2.45, 2.75) is 32.4 Å². The van der Waals surface area contributed by atoms with Gasteiger partial charge in [-0.05, 0) is 20.8 Å². The summed E-state index contributed by atoms with van der Waals surface area (Å²) in [4.78, 5) is 10.7. The highest BCUT2D eigenvalue weighted by molar-refractivity contribution is 5.68. The molecule has 1 atom stereocenters. The molecule has 4 heteroatoms. The van der Waals surface area contributed by atoms with E-state index in [0.717, 1.165) is 0 Å². The average Bonchev–Trinajstić information content (AvgIpc) is 1.86. The Morgan fingerprint density at radius 1 is 1.64 bits per heavy atom. The highest BCUT2D eigenvalue weighted by Gasteiger charge is 2.24. The van der Waals surface area contributed by atoms with Gasteiger partial charge in [0.1, 0.15) is 0 Å². The minimum Gasteiger partial charge on any atom is -0.453 e. The van der Waals surface area contributed by atoms with E-state index < -0.39 is 11.6 Å². The molecule has 0 aromatic rings. The van der Waals surface area contributed by atoms with Crippen LogP contribution in [-0.4, -0.2) is 24.8 Å². The van der Waals surface area contributed by atoms with E-state index in [1.807, 2.05) is 20.8 Å². The Kier molecular flexibility index (Phi) is 3.32. The minimum atomic E-state index is -0.452. The number of carbonyl (C=O) groups excluding carboxylic acids is 1. The topological polar surface area (TPSA) is 64.3 Å². The van der Waals surface area contributed by atoms with Crippen LogP contribution >= 0.6 is 0 Å². The normalized spacial score (nSPS) is 13.9. The van der Waals surface area contributed by atoms with Crippen molar-refractivity contribution in [1.82, 2.24) is 5.32 Å². The second-order valence-electron chi connectivity index (χ2n) is 3.13. The molecule has 4 nitrogen and oxygen atoms in total. The van der Waals surface area contributed by atoms with Crippen LogP contribution < -0.4 is 11.1 Å². The van der Waals surface area contributed by atoms with Gasteiger partial charge in [0.25, 0.3) is 0 Å². The third kappa shape index (κ3) is 3.23. The van der Waals surface area contributed by atoms with E-state index in [1.165, 1.54) is 7.11 Å². The zero-order chi connectivity index (χ0) is 9.07. The second-order valence-corrected chi connectivity index (χ2v) is 3.13. The molecule has 0 saturated heterocycles. The molecule has 0 spiro atoms. The third-order valence-electron chi connectivity index (χ3n) is 1.75. The summed E-state index contributed by atoms with van der Waals surface area (Å²) in [6.07, 6.45) is -0.452. The molecule has 0 aliphatic carbocycles. The van der Waals surface area contributed by atoms with E-state index in [1.54, 1.807) is 0 Å². The molecule has 0 radical (unpaired) electrons. The fourth-order valence-corrected chi connectivity index (χ4v) is 0.428. The summed E-state index contributed by atoms with van der Waals surface area (Å²) in [6.45, 7) is 5.51. The number of alkyl carbamates (subject to hydrolysis) is 1. The number of hydrogen-bond donors (Lipinski definition) is 2. The SMILES string of the molecule is COC(=O)NC(C)(C)C(C)N. The van der Waals surface area contributed by atoms with Crippen molar-refractivity contribution in [3.05, 3.63) is 0 Å². The van der Waals surface area contributed by atoms with E-state index in [9.17, 15) is 4.79 Å². The van der Waals surface area contributed by atoms with Crippen LogP contribution in [0.15, 0.2) is 0 Å². The average molecular weight is 160 g/mol. The summed E-state index contributed by atoms with van der Waals surface area (Å²) in [5.74, 6) is 0. The van der Waals surface area contributed by atoms with E-state index in [2.05, 4.69) is 10.1 Å². The number of rotatable bonds is 2. The lowest BCUT2D eigenvalue weighted by Crippen LogP contribution is -2.54. The Labute approximate surface area is 67.1 Å². The first-order valence-electron chi connectivity index (χ1n) is 3.52. The van der Waals surface area contributed by atoms with Gasteiger partial charge in [-0.25, -0.2) is 4.79 Å². The second kappa shape index (κ2) is 3.57. The van der Waals surface area contributed by atoms with E-state index >= 15 is 0 Å². The van der Waals surface area contributed by atoms with Crippen LogP contribution in [0.5, 0.6) is 0 Å². The first kappa shape index (κ1) is 10.2. The Morgan fingerprint density at radius 3 is 2.36 bits per heavy atom. The number of ether oxygens (including phenoxy) is 1. The van der Waals surface area contributed by atoms with E-state index in [-0.39, 0.29) is 6.04 Å². The van der Waals surface area contributed by atoms with Gasteiger partial charge >= 0.3 is 6.09 Å². The first-order valence-corrected chi connectivity index (χ1v) is 3.52. The van der Waals surface area contributed by atoms with E-state index in [4.69, 9.17) is 5.73 Å². The van der Waals surface area contributed by atoms with Gasteiger partial charge in [0.05, 0.1) is 12.6 Å². The number of nitrogens with one attached hydrogen (secondary N) is 1. The van der Waals surface area contributed by atoms with Crippen molar-refractivity contribution < 1.29 is 9.53 Å². The molecule has 0 rings (SSSR count). The molecule has 0 saturated carbocycles. The zero-order valence-corrected chi connectivity index (χ0v) is 7.47. The lowest BCUT2D eigenvalue weighted by molar-refractivity contribution is 0.156. The molecule has 3 N–H and O–H groups in total. The molecule has 0 fully saturated rings. The predicted octanol–water partition coefficient (Wildman–Crippen LogP) is 0.468. The van der Waals surface area contributed by atoms with Gasteiger partial charge in [0, 0.05) is 6.04 Å². The highest BCUT2D eigenvalue weighted by atomic mass is 16.5. The molecule has 0 aliphatic rings. The minimum absolute atomic E-state index is 0.110. The van der Waals surface area contributed by atoms with Crippen molar-refractivity contribution in [2.75, 3.05) is 7.11 Å². The molecule has 66 valence electrons. The van der Waals surface area contributed by atoms with Gasteiger partial charge in [0.2, 0.25) is 0 Å². The molecule has 0 bridgehead atoms. The number of hydrogen-bond acceptors (Lipinski definition) is 3. The van der Waals surface area contributed by atoms with Crippen molar-refractivity contribution in [3.8, 4) is 0 Å². The first-order chi connectivity index (χ1) is 4.90. The summed E-state index contributed by atoms with van der Waals surface area (Å²) in [5, 5.41) is 2.62. The molecular formula is C7H16N2O2. The van der Waals surface area contributed by atoms with Gasteiger partial charge in [-0.15, -0.1) is 0 Å².